The molecule has 0 radical (unpaired) electrons. The highest BCUT2D eigenvalue weighted by Gasteiger charge is 2.35. The third-order valence-corrected chi connectivity index (χ3v) is 8.81. The third-order valence-electron chi connectivity index (χ3n) is 8.81. The van der Waals surface area contributed by atoms with Crippen molar-refractivity contribution in [3.8, 4) is 0 Å². The van der Waals surface area contributed by atoms with Crippen molar-refractivity contribution in [2.75, 3.05) is 26.8 Å². The summed E-state index contributed by atoms with van der Waals surface area (Å²) >= 11 is 0. The Hall–Kier alpha value is -3.52. The number of aryl methyl sites for hydroxylation is 1. The molecule has 1 aliphatic heterocycles. The minimum Gasteiger partial charge on any atom is -0.390 e. The zero-order chi connectivity index (χ0) is 31.1. The first-order valence-electron chi connectivity index (χ1n) is 15.4. The molecule has 1 fully saturated rings. The Morgan fingerprint density at radius 1 is 0.907 bits per heavy atom. The van der Waals surface area contributed by atoms with Crippen LogP contribution in [0.1, 0.15) is 95.5 Å². The molecule has 43 heavy (non-hydrogen) atoms. The summed E-state index contributed by atoms with van der Waals surface area (Å²) < 4.78 is 5.68. The number of aliphatic hydroxyl groups excluding tert-OH is 1. The van der Waals surface area contributed by atoms with E-state index in [9.17, 15) is 14.7 Å². The summed E-state index contributed by atoms with van der Waals surface area (Å²) in [4.78, 5) is 28.4. The Labute approximate surface area is 256 Å². The third kappa shape index (κ3) is 7.91. The van der Waals surface area contributed by atoms with Crippen LogP contribution in [0.5, 0.6) is 0 Å². The average molecular weight is 586 g/mol. The molecule has 0 aromatic heterocycles. The molecule has 3 N–H and O–H groups in total. The van der Waals surface area contributed by atoms with Gasteiger partial charge in [0.2, 0.25) is 0 Å². The highest BCUT2D eigenvalue weighted by molar-refractivity contribution is 6.00. The van der Waals surface area contributed by atoms with Crippen LogP contribution in [0.2, 0.25) is 0 Å². The first-order chi connectivity index (χ1) is 20.5. The second kappa shape index (κ2) is 14.3. The van der Waals surface area contributed by atoms with Gasteiger partial charge in [-0.1, -0.05) is 68.4 Å². The van der Waals surface area contributed by atoms with Gasteiger partial charge in [-0.25, -0.2) is 0 Å². The zero-order valence-corrected chi connectivity index (χ0v) is 26.4. The van der Waals surface area contributed by atoms with Gasteiger partial charge in [-0.3, -0.25) is 9.59 Å². The molecule has 7 heteroatoms. The summed E-state index contributed by atoms with van der Waals surface area (Å²) in [5.41, 5.74) is 4.88. The van der Waals surface area contributed by atoms with Gasteiger partial charge in [-0.05, 0) is 80.0 Å². The van der Waals surface area contributed by atoms with Crippen molar-refractivity contribution >= 4 is 11.8 Å². The van der Waals surface area contributed by atoms with E-state index in [1.807, 2.05) is 44.2 Å². The molecule has 0 unspecified atom stereocenters. The molecule has 230 valence electrons. The number of rotatable bonds is 11. The maximum absolute atomic E-state index is 13.4. The van der Waals surface area contributed by atoms with Gasteiger partial charge in [0.05, 0.1) is 18.2 Å². The van der Waals surface area contributed by atoms with Crippen molar-refractivity contribution in [3.63, 3.8) is 0 Å². The van der Waals surface area contributed by atoms with E-state index >= 15 is 0 Å². The van der Waals surface area contributed by atoms with Gasteiger partial charge in [0.1, 0.15) is 0 Å². The van der Waals surface area contributed by atoms with Gasteiger partial charge in [0.15, 0.2) is 0 Å². The SMILES string of the molecule is Cc1cc(C(=O)N[C@@H](C)[C@H](O)CNC2(c3cccc(C(C)C)c3)CCOCC2)cc(C(=O)N(C)[C@H](C)c2ccccc2)c1. The molecule has 1 aliphatic rings. The highest BCUT2D eigenvalue weighted by atomic mass is 16.5. The maximum Gasteiger partial charge on any atom is 0.254 e. The lowest BCUT2D eigenvalue weighted by atomic mass is 9.81. The number of nitrogens with one attached hydrogen (secondary N) is 2. The predicted molar refractivity (Wildman–Crippen MR) is 171 cm³/mol. The lowest BCUT2D eigenvalue weighted by molar-refractivity contribution is 0.0274. The van der Waals surface area contributed by atoms with Gasteiger partial charge in [0.25, 0.3) is 11.8 Å². The largest absolute Gasteiger partial charge is 0.390 e. The van der Waals surface area contributed by atoms with Crippen LogP contribution in [0.25, 0.3) is 0 Å². The molecule has 7 nitrogen and oxygen atoms in total. The van der Waals surface area contributed by atoms with Crippen LogP contribution in [-0.2, 0) is 10.3 Å². The summed E-state index contributed by atoms with van der Waals surface area (Å²) in [6, 6.07) is 23.1. The van der Waals surface area contributed by atoms with Crippen LogP contribution >= 0.6 is 0 Å². The van der Waals surface area contributed by atoms with E-state index < -0.39 is 12.1 Å². The first kappa shape index (κ1) is 32.4. The topological polar surface area (TPSA) is 90.9 Å². The maximum atomic E-state index is 13.4. The number of carbonyl (C=O) groups is 2. The molecule has 4 rings (SSSR count). The molecule has 3 aromatic rings. The monoisotopic (exact) mass is 585 g/mol. The molecule has 3 aromatic carbocycles. The summed E-state index contributed by atoms with van der Waals surface area (Å²) in [6.07, 6.45) is 0.791. The molecular weight excluding hydrogens is 538 g/mol. The van der Waals surface area contributed by atoms with Gasteiger partial charge in [-0.2, -0.15) is 0 Å². The van der Waals surface area contributed by atoms with Crippen LogP contribution in [0, 0.1) is 6.92 Å². The number of hydrogen-bond donors (Lipinski definition) is 3. The van der Waals surface area contributed by atoms with Gasteiger partial charge < -0.3 is 25.4 Å². The minimum absolute atomic E-state index is 0.124. The highest BCUT2D eigenvalue weighted by Crippen LogP contribution is 2.34. The van der Waals surface area contributed by atoms with Crippen LogP contribution in [0.4, 0.5) is 0 Å². The summed E-state index contributed by atoms with van der Waals surface area (Å²) in [5.74, 6) is -0.0640. The smallest absolute Gasteiger partial charge is 0.254 e. The van der Waals surface area contributed by atoms with Crippen molar-refractivity contribution in [1.29, 1.82) is 0 Å². The van der Waals surface area contributed by atoms with Gasteiger partial charge >= 0.3 is 0 Å². The van der Waals surface area contributed by atoms with Gasteiger partial charge in [0, 0.05) is 43.5 Å². The zero-order valence-electron chi connectivity index (χ0n) is 26.4. The molecule has 0 aliphatic carbocycles. The van der Waals surface area contributed by atoms with Crippen LogP contribution in [0.15, 0.2) is 72.8 Å². The van der Waals surface area contributed by atoms with E-state index in [2.05, 4.69) is 48.7 Å². The van der Waals surface area contributed by atoms with Crippen molar-refractivity contribution in [2.24, 2.45) is 0 Å². The lowest BCUT2D eigenvalue weighted by Gasteiger charge is -2.40. The molecule has 0 saturated carbocycles. The summed E-state index contributed by atoms with van der Waals surface area (Å²) in [5, 5.41) is 17.7. The molecule has 1 heterocycles. The lowest BCUT2D eigenvalue weighted by Crippen LogP contribution is -2.53. The number of amides is 2. The Bertz CT molecular complexity index is 1380. The van der Waals surface area contributed by atoms with E-state index in [1.54, 1.807) is 37.1 Å². The minimum atomic E-state index is -0.819. The molecule has 0 bridgehead atoms. The van der Waals surface area contributed by atoms with Crippen molar-refractivity contribution in [2.45, 2.75) is 77.1 Å². The molecule has 2 amide bonds. The number of aliphatic hydroxyl groups is 1. The predicted octanol–water partition coefficient (Wildman–Crippen LogP) is 5.73. The van der Waals surface area contributed by atoms with Crippen LogP contribution in [-0.4, -0.2) is 60.8 Å². The number of carbonyl (C=O) groups excluding carboxylic acids is 2. The summed E-state index contributed by atoms with van der Waals surface area (Å²) in [6.45, 7) is 11.6. The number of hydrogen-bond acceptors (Lipinski definition) is 5. The van der Waals surface area contributed by atoms with E-state index in [-0.39, 0.29) is 23.4 Å². The standard InChI is InChI=1S/C36H47N3O4/c1-24(2)29-13-10-14-32(22-29)36(15-17-43-18-16-36)37-23-33(40)26(4)38-34(41)30-19-25(3)20-31(21-30)35(42)39(6)27(5)28-11-8-7-9-12-28/h7-14,19-22,24,26-27,33,37,40H,15-18,23H2,1-6H3,(H,38,41)/t26-,27+,33+/m0/s1. The van der Waals surface area contributed by atoms with Crippen molar-refractivity contribution in [1.82, 2.24) is 15.5 Å². The molecule has 0 spiro atoms. The normalized spacial score (nSPS) is 16.7. The fourth-order valence-corrected chi connectivity index (χ4v) is 5.72. The quantitative estimate of drug-likeness (QED) is 0.268. The van der Waals surface area contributed by atoms with E-state index in [0.29, 0.717) is 36.8 Å². The second-order valence-electron chi connectivity index (χ2n) is 12.3. The fraction of sp³-hybridized carbons (Fsp3) is 0.444. The number of nitrogens with zero attached hydrogens (tertiary/aromatic N) is 1. The second-order valence-corrected chi connectivity index (χ2v) is 12.3. The van der Waals surface area contributed by atoms with E-state index in [1.165, 1.54) is 11.1 Å². The Balaban J connectivity index is 1.42. The van der Waals surface area contributed by atoms with Crippen LogP contribution < -0.4 is 10.6 Å². The Morgan fingerprint density at radius 2 is 1.56 bits per heavy atom. The fourth-order valence-electron chi connectivity index (χ4n) is 5.72. The van der Waals surface area contributed by atoms with E-state index in [0.717, 1.165) is 24.0 Å². The molecule has 3 atom stereocenters. The molecule has 1 saturated heterocycles. The van der Waals surface area contributed by atoms with Crippen LogP contribution in [0.3, 0.4) is 0 Å². The average Bonchev–Trinajstić information content (AvgIpc) is 3.03. The van der Waals surface area contributed by atoms with E-state index in [4.69, 9.17) is 4.74 Å². The van der Waals surface area contributed by atoms with Gasteiger partial charge in [-0.15, -0.1) is 0 Å². The van der Waals surface area contributed by atoms with Crippen molar-refractivity contribution < 1.29 is 19.4 Å². The Kier molecular flexibility index (Phi) is 10.8. The molecular formula is C36H47N3O4. The first-order valence-corrected chi connectivity index (χ1v) is 15.4. The van der Waals surface area contributed by atoms with Crippen molar-refractivity contribution in [3.05, 3.63) is 106 Å². The number of benzene rings is 3. The summed E-state index contributed by atoms with van der Waals surface area (Å²) in [7, 11) is 1.78. The Morgan fingerprint density at radius 3 is 2.23 bits per heavy atom. The number of ether oxygens (including phenoxy) is 1.